The van der Waals surface area contributed by atoms with E-state index >= 15 is 0 Å². The predicted molar refractivity (Wildman–Crippen MR) is 148 cm³/mol. The Morgan fingerprint density at radius 2 is 1.78 bits per heavy atom. The molecule has 1 atom stereocenters. The number of rotatable bonds is 7. The number of nitrogens with one attached hydrogen (secondary N) is 1. The lowest BCUT2D eigenvalue weighted by atomic mass is 9.95. The standard InChI is InChI=1S/C30H31F3N4O4/c1-18(36-11-9-34-10-12-36)28-27-22(37(35-28)16-19-7-8-23(38-2)24(13-19)39-3)15-25-29(41-17-40-25)26(27)20-5-4-6-21(14-20)30(31,32)33/h4-8,13-15,18,34H,9-12,16-17H2,1-3H3. The molecule has 3 aromatic carbocycles. The highest BCUT2D eigenvalue weighted by molar-refractivity contribution is 6.02. The van der Waals surface area contributed by atoms with Gasteiger partial charge in [-0.2, -0.15) is 18.3 Å². The minimum Gasteiger partial charge on any atom is -0.493 e. The summed E-state index contributed by atoms with van der Waals surface area (Å²) >= 11 is 0. The van der Waals surface area contributed by atoms with Crippen molar-refractivity contribution in [3.8, 4) is 34.1 Å². The number of piperazine rings is 1. The minimum absolute atomic E-state index is 0.0142. The third-order valence-electron chi connectivity index (χ3n) is 7.76. The van der Waals surface area contributed by atoms with Crippen molar-refractivity contribution in [3.63, 3.8) is 0 Å². The fourth-order valence-corrected chi connectivity index (χ4v) is 5.66. The third-order valence-corrected chi connectivity index (χ3v) is 7.76. The van der Waals surface area contributed by atoms with Crippen LogP contribution in [0.3, 0.4) is 0 Å². The van der Waals surface area contributed by atoms with Crippen LogP contribution in [-0.4, -0.2) is 61.9 Å². The number of hydrogen-bond donors (Lipinski definition) is 1. The van der Waals surface area contributed by atoms with E-state index in [0.717, 1.165) is 54.4 Å². The number of benzene rings is 3. The minimum atomic E-state index is -4.49. The molecular formula is C30H31F3N4O4. The molecule has 2 aliphatic heterocycles. The van der Waals surface area contributed by atoms with E-state index in [2.05, 4.69) is 17.1 Å². The van der Waals surface area contributed by atoms with Crippen LogP contribution in [0.2, 0.25) is 0 Å². The van der Waals surface area contributed by atoms with Crippen molar-refractivity contribution in [3.05, 3.63) is 65.4 Å². The molecule has 0 spiro atoms. The second-order valence-electron chi connectivity index (χ2n) is 10.2. The van der Waals surface area contributed by atoms with Crippen molar-refractivity contribution >= 4 is 10.9 Å². The van der Waals surface area contributed by atoms with Gasteiger partial charge >= 0.3 is 6.18 Å². The smallest absolute Gasteiger partial charge is 0.416 e. The summed E-state index contributed by atoms with van der Waals surface area (Å²) in [5, 5.41) is 9.23. The van der Waals surface area contributed by atoms with Gasteiger partial charge in [0.1, 0.15) is 0 Å². The summed E-state index contributed by atoms with van der Waals surface area (Å²) in [5.74, 6) is 2.11. The number of nitrogens with zero attached hydrogens (tertiary/aromatic N) is 3. The first-order valence-electron chi connectivity index (χ1n) is 13.4. The summed E-state index contributed by atoms with van der Waals surface area (Å²) in [6, 6.07) is 12.8. The predicted octanol–water partition coefficient (Wildman–Crippen LogP) is 5.48. The topological polar surface area (TPSA) is 70.0 Å². The van der Waals surface area contributed by atoms with Gasteiger partial charge in [-0.05, 0) is 42.3 Å². The number of aromatic nitrogens is 2. The van der Waals surface area contributed by atoms with E-state index in [0.29, 0.717) is 40.7 Å². The van der Waals surface area contributed by atoms with Crippen LogP contribution in [0.4, 0.5) is 13.2 Å². The van der Waals surface area contributed by atoms with Crippen LogP contribution in [-0.2, 0) is 12.7 Å². The Bertz CT molecular complexity index is 1580. The summed E-state index contributed by atoms with van der Waals surface area (Å²) in [5.41, 5.74) is 2.66. The monoisotopic (exact) mass is 568 g/mol. The number of methoxy groups -OCH3 is 2. The second kappa shape index (κ2) is 10.8. The van der Waals surface area contributed by atoms with Crippen molar-refractivity contribution in [1.82, 2.24) is 20.0 Å². The highest BCUT2D eigenvalue weighted by Gasteiger charge is 2.34. The number of hydrogen-bond acceptors (Lipinski definition) is 7. The van der Waals surface area contributed by atoms with Gasteiger partial charge in [0.05, 0.1) is 43.6 Å². The maximum absolute atomic E-state index is 13.8. The molecule has 216 valence electrons. The Labute approximate surface area is 235 Å². The molecule has 1 unspecified atom stereocenters. The molecule has 1 saturated heterocycles. The number of alkyl halides is 3. The molecular weight excluding hydrogens is 537 g/mol. The molecule has 8 nitrogen and oxygen atoms in total. The first kappa shape index (κ1) is 27.2. The van der Waals surface area contributed by atoms with E-state index in [1.165, 1.54) is 12.1 Å². The molecule has 4 aromatic rings. The SMILES string of the molecule is COc1ccc(Cn2nc(C(C)N3CCNCC3)c3c(-c4cccc(C(F)(F)F)c4)c4c(cc32)OCO4)cc1OC. The van der Waals surface area contributed by atoms with E-state index in [1.54, 1.807) is 20.3 Å². The Kier molecular flexibility index (Phi) is 7.16. The lowest BCUT2D eigenvalue weighted by Crippen LogP contribution is -2.44. The van der Waals surface area contributed by atoms with Crippen molar-refractivity contribution in [2.24, 2.45) is 0 Å². The summed E-state index contributed by atoms with van der Waals surface area (Å²) in [7, 11) is 3.17. The average molecular weight is 569 g/mol. The highest BCUT2D eigenvalue weighted by atomic mass is 19.4. The van der Waals surface area contributed by atoms with E-state index < -0.39 is 11.7 Å². The lowest BCUT2D eigenvalue weighted by molar-refractivity contribution is -0.137. The average Bonchev–Trinajstić information content (AvgIpc) is 3.60. The molecule has 0 radical (unpaired) electrons. The molecule has 0 bridgehead atoms. The zero-order chi connectivity index (χ0) is 28.7. The Hall–Kier alpha value is -3.96. The van der Waals surface area contributed by atoms with Crippen molar-refractivity contribution in [1.29, 1.82) is 0 Å². The molecule has 3 heterocycles. The van der Waals surface area contributed by atoms with Crippen LogP contribution in [0.15, 0.2) is 48.5 Å². The van der Waals surface area contributed by atoms with Gasteiger partial charge < -0.3 is 24.3 Å². The fraction of sp³-hybridized carbons (Fsp3) is 0.367. The van der Waals surface area contributed by atoms with E-state index in [9.17, 15) is 13.2 Å². The molecule has 1 aromatic heterocycles. The van der Waals surface area contributed by atoms with Crippen LogP contribution in [0, 0.1) is 0 Å². The van der Waals surface area contributed by atoms with Crippen LogP contribution in [0.5, 0.6) is 23.0 Å². The quantitative estimate of drug-likeness (QED) is 0.317. The van der Waals surface area contributed by atoms with Gasteiger partial charge in [-0.15, -0.1) is 0 Å². The van der Waals surface area contributed by atoms with Gasteiger partial charge in [0, 0.05) is 43.2 Å². The fourth-order valence-electron chi connectivity index (χ4n) is 5.66. The molecule has 0 amide bonds. The number of fused-ring (bicyclic) bond motifs is 2. The van der Waals surface area contributed by atoms with E-state index in [-0.39, 0.29) is 12.8 Å². The molecule has 0 aliphatic carbocycles. The Balaban J connectivity index is 1.57. The zero-order valence-corrected chi connectivity index (χ0v) is 23.0. The van der Waals surface area contributed by atoms with Gasteiger partial charge in [0.25, 0.3) is 0 Å². The van der Waals surface area contributed by atoms with Gasteiger partial charge in [0.15, 0.2) is 23.0 Å². The first-order chi connectivity index (χ1) is 19.8. The van der Waals surface area contributed by atoms with Crippen LogP contribution in [0.1, 0.15) is 29.8 Å². The third kappa shape index (κ3) is 5.04. The molecule has 41 heavy (non-hydrogen) atoms. The van der Waals surface area contributed by atoms with E-state index in [4.69, 9.17) is 24.0 Å². The molecule has 6 rings (SSSR count). The van der Waals surface area contributed by atoms with Crippen molar-refractivity contribution in [2.75, 3.05) is 47.2 Å². The molecule has 2 aliphatic rings. The zero-order valence-electron chi connectivity index (χ0n) is 23.0. The summed E-state index contributed by atoms with van der Waals surface area (Å²) in [4.78, 5) is 2.33. The largest absolute Gasteiger partial charge is 0.493 e. The lowest BCUT2D eigenvalue weighted by Gasteiger charge is -2.32. The summed E-state index contributed by atoms with van der Waals surface area (Å²) < 4.78 is 65.8. The molecule has 1 N–H and O–H groups in total. The molecule has 1 fully saturated rings. The molecule has 11 heteroatoms. The number of ether oxygens (including phenoxy) is 4. The first-order valence-corrected chi connectivity index (χ1v) is 13.4. The summed E-state index contributed by atoms with van der Waals surface area (Å²) in [6.07, 6.45) is -4.49. The Morgan fingerprint density at radius 1 is 1.00 bits per heavy atom. The maximum Gasteiger partial charge on any atom is 0.416 e. The maximum atomic E-state index is 13.8. The van der Waals surface area contributed by atoms with Gasteiger partial charge in [-0.1, -0.05) is 18.2 Å². The van der Waals surface area contributed by atoms with Gasteiger partial charge in [-0.3, -0.25) is 9.58 Å². The van der Waals surface area contributed by atoms with Crippen LogP contribution >= 0.6 is 0 Å². The number of halogens is 3. The molecule has 0 saturated carbocycles. The second-order valence-corrected chi connectivity index (χ2v) is 10.2. The van der Waals surface area contributed by atoms with Crippen molar-refractivity contribution in [2.45, 2.75) is 25.7 Å². The summed E-state index contributed by atoms with van der Waals surface area (Å²) in [6.45, 7) is 5.83. The van der Waals surface area contributed by atoms with Gasteiger partial charge in [-0.25, -0.2) is 0 Å². The van der Waals surface area contributed by atoms with Crippen LogP contribution in [0.25, 0.3) is 22.0 Å². The Morgan fingerprint density at radius 3 is 2.51 bits per heavy atom. The normalized spacial score (nSPS) is 16.2. The van der Waals surface area contributed by atoms with Crippen molar-refractivity contribution < 1.29 is 32.1 Å². The van der Waals surface area contributed by atoms with Gasteiger partial charge in [0.2, 0.25) is 6.79 Å². The highest BCUT2D eigenvalue weighted by Crippen LogP contribution is 2.49. The van der Waals surface area contributed by atoms with E-state index in [1.807, 2.05) is 28.9 Å². The van der Waals surface area contributed by atoms with Crippen LogP contribution < -0.4 is 24.3 Å².